The lowest BCUT2D eigenvalue weighted by molar-refractivity contribution is -0.128. The van der Waals surface area contributed by atoms with Crippen molar-refractivity contribution in [1.29, 1.82) is 0 Å². The van der Waals surface area contributed by atoms with Crippen LogP contribution in [0.25, 0.3) is 0 Å². The zero-order valence-electron chi connectivity index (χ0n) is 15.3. The van der Waals surface area contributed by atoms with Crippen LogP contribution in [0.5, 0.6) is 5.88 Å². The predicted molar refractivity (Wildman–Crippen MR) is 94.2 cm³/mol. The van der Waals surface area contributed by atoms with Crippen molar-refractivity contribution in [3.8, 4) is 5.88 Å². The largest absolute Gasteiger partial charge is 0.481 e. The van der Waals surface area contributed by atoms with Gasteiger partial charge in [-0.3, -0.25) is 9.69 Å². The number of imidazole rings is 1. The van der Waals surface area contributed by atoms with E-state index in [1.165, 1.54) is 0 Å². The van der Waals surface area contributed by atoms with E-state index in [0.717, 1.165) is 36.7 Å². The number of ether oxygens (including phenoxy) is 1. The van der Waals surface area contributed by atoms with Crippen LogP contribution in [0.1, 0.15) is 30.0 Å². The Bertz CT molecular complexity index is 756. The van der Waals surface area contributed by atoms with Crippen molar-refractivity contribution >= 4 is 5.91 Å². The second kappa shape index (κ2) is 7.23. The molecular formula is C18H25N5O2. The maximum atomic E-state index is 11.9. The number of hydrogen-bond acceptors (Lipinski definition) is 5. The van der Waals surface area contributed by atoms with Gasteiger partial charge in [-0.1, -0.05) is 6.07 Å². The van der Waals surface area contributed by atoms with E-state index < -0.39 is 0 Å². The predicted octanol–water partition coefficient (Wildman–Crippen LogP) is 1.49. The first-order valence-electron chi connectivity index (χ1n) is 8.47. The lowest BCUT2D eigenvalue weighted by Crippen LogP contribution is -2.36. The van der Waals surface area contributed by atoms with E-state index in [-0.39, 0.29) is 11.9 Å². The summed E-state index contributed by atoms with van der Waals surface area (Å²) in [5.41, 5.74) is 1.90. The van der Waals surface area contributed by atoms with Gasteiger partial charge in [0.1, 0.15) is 5.82 Å². The average Bonchev–Trinajstić information content (AvgIpc) is 3.01. The van der Waals surface area contributed by atoms with Gasteiger partial charge in [-0.2, -0.15) is 0 Å². The third-order valence-corrected chi connectivity index (χ3v) is 4.65. The van der Waals surface area contributed by atoms with E-state index in [1.54, 1.807) is 32.3 Å². The van der Waals surface area contributed by atoms with E-state index in [1.807, 2.05) is 18.3 Å². The van der Waals surface area contributed by atoms with Gasteiger partial charge in [-0.15, -0.1) is 0 Å². The Kier molecular flexibility index (Phi) is 5.03. The van der Waals surface area contributed by atoms with Crippen LogP contribution in [-0.4, -0.2) is 58.0 Å². The summed E-state index contributed by atoms with van der Waals surface area (Å²) in [6, 6.07) is 4.14. The Labute approximate surface area is 148 Å². The maximum absolute atomic E-state index is 11.9. The Morgan fingerprint density at radius 2 is 2.20 bits per heavy atom. The van der Waals surface area contributed by atoms with Gasteiger partial charge in [0.15, 0.2) is 0 Å². The normalized spacial score (nSPS) is 17.2. The highest BCUT2D eigenvalue weighted by atomic mass is 16.5. The van der Waals surface area contributed by atoms with Crippen LogP contribution in [0, 0.1) is 0 Å². The van der Waals surface area contributed by atoms with Crippen LogP contribution in [0.2, 0.25) is 0 Å². The molecule has 0 radical (unpaired) electrons. The van der Waals surface area contributed by atoms with E-state index in [2.05, 4.69) is 21.4 Å². The summed E-state index contributed by atoms with van der Waals surface area (Å²) in [5.74, 6) is 1.75. The number of nitrogens with zero attached hydrogens (tertiary/aromatic N) is 5. The molecular weight excluding hydrogens is 318 g/mol. The molecule has 3 heterocycles. The lowest BCUT2D eigenvalue weighted by atomic mass is 10.1. The molecule has 1 amide bonds. The first-order chi connectivity index (χ1) is 12.0. The first-order valence-corrected chi connectivity index (χ1v) is 8.47. The molecule has 1 aliphatic heterocycles. The van der Waals surface area contributed by atoms with E-state index >= 15 is 0 Å². The molecule has 0 spiro atoms. The highest BCUT2D eigenvalue weighted by Crippen LogP contribution is 2.28. The number of methoxy groups -OCH3 is 1. The number of likely N-dealkylation sites (N-methyl/N-ethyl adjacent to an activating group) is 1. The second-order valence-electron chi connectivity index (χ2n) is 6.57. The number of carbonyl (C=O) groups excluding carboxylic acids is 1. The third-order valence-electron chi connectivity index (χ3n) is 4.65. The number of aromatic nitrogens is 3. The first kappa shape index (κ1) is 17.4. The van der Waals surface area contributed by atoms with Crippen LogP contribution in [0.15, 0.2) is 24.5 Å². The van der Waals surface area contributed by atoms with Gasteiger partial charge in [0.25, 0.3) is 0 Å². The molecule has 7 nitrogen and oxygen atoms in total. The van der Waals surface area contributed by atoms with Crippen molar-refractivity contribution in [2.45, 2.75) is 32.5 Å². The molecule has 0 N–H and O–H groups in total. The molecule has 134 valence electrons. The molecule has 1 atom stereocenters. The van der Waals surface area contributed by atoms with Crippen molar-refractivity contribution in [3.63, 3.8) is 0 Å². The van der Waals surface area contributed by atoms with E-state index in [9.17, 15) is 4.79 Å². The minimum Gasteiger partial charge on any atom is -0.481 e. The van der Waals surface area contributed by atoms with Crippen LogP contribution < -0.4 is 4.74 Å². The van der Waals surface area contributed by atoms with Crippen molar-refractivity contribution < 1.29 is 9.53 Å². The van der Waals surface area contributed by atoms with Gasteiger partial charge in [0.05, 0.1) is 25.3 Å². The fourth-order valence-electron chi connectivity index (χ4n) is 3.15. The van der Waals surface area contributed by atoms with Crippen molar-refractivity contribution in [3.05, 3.63) is 41.6 Å². The van der Waals surface area contributed by atoms with Crippen LogP contribution >= 0.6 is 0 Å². The maximum Gasteiger partial charge on any atom is 0.228 e. The Balaban J connectivity index is 1.76. The minimum atomic E-state index is 0.0695. The second-order valence-corrected chi connectivity index (χ2v) is 6.57. The van der Waals surface area contributed by atoms with Gasteiger partial charge in [0, 0.05) is 51.7 Å². The molecule has 2 aromatic rings. The fraction of sp³-hybridized carbons (Fsp3) is 0.500. The summed E-state index contributed by atoms with van der Waals surface area (Å²) in [6.07, 6.45) is 4.09. The molecule has 0 aromatic carbocycles. The molecule has 0 saturated heterocycles. The molecule has 0 fully saturated rings. The van der Waals surface area contributed by atoms with Crippen LogP contribution in [-0.2, 0) is 24.3 Å². The van der Waals surface area contributed by atoms with Gasteiger partial charge >= 0.3 is 0 Å². The molecule has 2 aromatic heterocycles. The summed E-state index contributed by atoms with van der Waals surface area (Å²) in [5, 5.41) is 0. The molecule has 0 unspecified atom stereocenters. The highest BCUT2D eigenvalue weighted by Gasteiger charge is 2.27. The number of amides is 1. The fourth-order valence-corrected chi connectivity index (χ4v) is 3.15. The number of hydrogen-bond donors (Lipinski definition) is 0. The van der Waals surface area contributed by atoms with Crippen molar-refractivity contribution in [1.82, 2.24) is 24.3 Å². The highest BCUT2D eigenvalue weighted by molar-refractivity contribution is 5.77. The zero-order valence-corrected chi connectivity index (χ0v) is 15.3. The number of pyridine rings is 1. The van der Waals surface area contributed by atoms with Gasteiger partial charge in [-0.05, 0) is 13.0 Å². The zero-order chi connectivity index (χ0) is 18.0. The molecule has 1 aliphatic rings. The third kappa shape index (κ3) is 3.66. The van der Waals surface area contributed by atoms with Crippen LogP contribution in [0.3, 0.4) is 0 Å². The summed E-state index contributed by atoms with van der Waals surface area (Å²) in [6.45, 7) is 4.70. The molecule has 7 heteroatoms. The van der Waals surface area contributed by atoms with Gasteiger partial charge in [-0.25, -0.2) is 9.97 Å². The monoisotopic (exact) mass is 343 g/mol. The topological polar surface area (TPSA) is 63.5 Å². The number of fused-ring (bicyclic) bond motifs is 1. The van der Waals surface area contributed by atoms with E-state index in [0.29, 0.717) is 12.3 Å². The van der Waals surface area contributed by atoms with E-state index in [4.69, 9.17) is 9.72 Å². The smallest absolute Gasteiger partial charge is 0.228 e. The Morgan fingerprint density at radius 3 is 2.92 bits per heavy atom. The summed E-state index contributed by atoms with van der Waals surface area (Å²) < 4.78 is 7.53. The van der Waals surface area contributed by atoms with Crippen molar-refractivity contribution in [2.24, 2.45) is 0 Å². The van der Waals surface area contributed by atoms with Crippen LogP contribution in [0.4, 0.5) is 0 Å². The molecule has 0 aliphatic carbocycles. The summed E-state index contributed by atoms with van der Waals surface area (Å²) in [7, 11) is 5.18. The molecule has 3 rings (SSSR count). The molecule has 0 bridgehead atoms. The van der Waals surface area contributed by atoms with Crippen molar-refractivity contribution in [2.75, 3.05) is 27.7 Å². The lowest BCUT2D eigenvalue weighted by Gasteiger charge is -2.33. The molecule has 0 saturated carbocycles. The average molecular weight is 343 g/mol. The summed E-state index contributed by atoms with van der Waals surface area (Å²) in [4.78, 5) is 24.9. The number of carbonyl (C=O) groups is 1. The number of rotatable bonds is 5. The van der Waals surface area contributed by atoms with Gasteiger partial charge in [0.2, 0.25) is 11.8 Å². The standard InChI is InChI=1S/C18H25N5O2/c1-13-17-20-15(10-16(24)21(2)3)12-23(17)9-8-22(13)11-14-6-5-7-19-18(14)25-4/h5-7,12-13H,8-11H2,1-4H3/t13-/m0/s1. The SMILES string of the molecule is COc1ncccc1CN1CCn2cc(CC(=O)N(C)C)nc2[C@@H]1C. The quantitative estimate of drug-likeness (QED) is 0.823. The van der Waals surface area contributed by atoms with Gasteiger partial charge < -0.3 is 14.2 Å². The minimum absolute atomic E-state index is 0.0695. The Morgan fingerprint density at radius 1 is 1.40 bits per heavy atom. The molecule has 25 heavy (non-hydrogen) atoms. The summed E-state index contributed by atoms with van der Waals surface area (Å²) >= 11 is 0. The Hall–Kier alpha value is -2.41.